The van der Waals surface area contributed by atoms with E-state index in [1.807, 2.05) is 0 Å². The summed E-state index contributed by atoms with van der Waals surface area (Å²) in [5, 5.41) is 8.75. The van der Waals surface area contributed by atoms with Crippen LogP contribution in [0.4, 0.5) is 13.2 Å². The number of aliphatic hydroxyl groups excluding tert-OH is 1. The van der Waals surface area contributed by atoms with E-state index in [9.17, 15) is 21.6 Å². The normalized spacial score (nSPS) is 25.1. The van der Waals surface area contributed by atoms with Gasteiger partial charge in [-0.2, -0.15) is 13.2 Å². The fraction of sp³-hybridized carbons (Fsp3) is 1.00. The van der Waals surface area contributed by atoms with Gasteiger partial charge in [-0.25, -0.2) is 8.42 Å². The number of aliphatic hydroxyl groups is 1. The van der Waals surface area contributed by atoms with Crippen LogP contribution < -0.4 is 0 Å². The predicted molar refractivity (Wildman–Crippen MR) is 47.2 cm³/mol. The number of hydrogen-bond donors (Lipinski definition) is 1. The zero-order chi connectivity index (χ0) is 11.7. The van der Waals surface area contributed by atoms with Crippen molar-refractivity contribution < 1.29 is 26.7 Å². The van der Waals surface area contributed by atoms with Crippen molar-refractivity contribution in [2.75, 3.05) is 31.1 Å². The molecule has 1 aliphatic heterocycles. The third-order valence-electron chi connectivity index (χ3n) is 2.25. The summed E-state index contributed by atoms with van der Waals surface area (Å²) in [6, 6.07) is 0. The maximum Gasteiger partial charge on any atom is 0.415 e. The molecule has 4 nitrogen and oxygen atoms in total. The molecular formula is C7H12F3NO3S. The van der Waals surface area contributed by atoms with Gasteiger partial charge < -0.3 is 5.11 Å². The van der Waals surface area contributed by atoms with Crippen molar-refractivity contribution in [2.24, 2.45) is 0 Å². The third kappa shape index (κ3) is 3.96. The lowest BCUT2D eigenvalue weighted by molar-refractivity contribution is -0.207. The van der Waals surface area contributed by atoms with Crippen molar-refractivity contribution >= 4 is 9.84 Å². The fourth-order valence-corrected chi connectivity index (χ4v) is 2.56. The minimum Gasteiger partial charge on any atom is -0.382 e. The molecule has 0 radical (unpaired) electrons. The van der Waals surface area contributed by atoms with Gasteiger partial charge in [-0.05, 0) is 0 Å². The Hall–Kier alpha value is -0.340. The minimum absolute atomic E-state index is 0.0511. The second kappa shape index (κ2) is 4.26. The Morgan fingerprint density at radius 3 is 2.13 bits per heavy atom. The number of β-amino-alcohol motifs (C(OH)–C–C–N with tert-alkyl or cyclic N) is 1. The molecule has 0 aromatic heterocycles. The molecule has 15 heavy (non-hydrogen) atoms. The van der Waals surface area contributed by atoms with Gasteiger partial charge in [-0.15, -0.1) is 0 Å². The van der Waals surface area contributed by atoms with Crippen LogP contribution in [0.15, 0.2) is 0 Å². The summed E-state index contributed by atoms with van der Waals surface area (Å²) < 4.78 is 57.8. The maximum absolute atomic E-state index is 12.0. The fourth-order valence-electron chi connectivity index (χ4n) is 1.28. The molecule has 90 valence electrons. The van der Waals surface area contributed by atoms with E-state index in [2.05, 4.69) is 0 Å². The summed E-state index contributed by atoms with van der Waals surface area (Å²) in [5.41, 5.74) is 0. The Labute approximate surface area is 85.6 Å². The topological polar surface area (TPSA) is 57.6 Å². The predicted octanol–water partition coefficient (Wildman–Crippen LogP) is -0.360. The van der Waals surface area contributed by atoms with E-state index in [-0.39, 0.29) is 24.6 Å². The molecule has 0 spiro atoms. The molecule has 1 rings (SSSR count). The summed E-state index contributed by atoms with van der Waals surface area (Å²) in [4.78, 5) is 1.30. The van der Waals surface area contributed by atoms with Crippen molar-refractivity contribution in [1.82, 2.24) is 4.90 Å². The first-order valence-corrected chi connectivity index (χ1v) is 6.20. The Morgan fingerprint density at radius 2 is 1.73 bits per heavy atom. The van der Waals surface area contributed by atoms with Crippen LogP contribution in [0.25, 0.3) is 0 Å². The van der Waals surface area contributed by atoms with E-state index in [1.165, 1.54) is 4.90 Å². The molecule has 1 atom stereocenters. The lowest BCUT2D eigenvalue weighted by Crippen LogP contribution is -2.47. The van der Waals surface area contributed by atoms with Crippen LogP contribution in [0.1, 0.15) is 0 Å². The first-order chi connectivity index (χ1) is 6.71. The molecule has 0 aromatic carbocycles. The molecule has 0 bridgehead atoms. The molecular weight excluding hydrogens is 235 g/mol. The molecule has 0 saturated carbocycles. The molecule has 1 aliphatic rings. The highest BCUT2D eigenvalue weighted by molar-refractivity contribution is 7.91. The SMILES string of the molecule is O=S1(=O)CCN(C[C@H](O)C(F)(F)F)CC1. The van der Waals surface area contributed by atoms with Crippen molar-refractivity contribution in [3.05, 3.63) is 0 Å². The lowest BCUT2D eigenvalue weighted by atomic mass is 10.3. The number of halogens is 3. The second-order valence-electron chi connectivity index (χ2n) is 3.51. The van der Waals surface area contributed by atoms with Crippen LogP contribution in [0.3, 0.4) is 0 Å². The van der Waals surface area contributed by atoms with E-state index in [0.29, 0.717) is 0 Å². The molecule has 1 saturated heterocycles. The van der Waals surface area contributed by atoms with Crippen LogP contribution in [0.5, 0.6) is 0 Å². The highest BCUT2D eigenvalue weighted by atomic mass is 32.2. The molecule has 8 heteroatoms. The number of nitrogens with zero attached hydrogens (tertiary/aromatic N) is 1. The monoisotopic (exact) mass is 247 g/mol. The first kappa shape index (κ1) is 12.7. The van der Waals surface area contributed by atoms with Crippen LogP contribution in [0, 0.1) is 0 Å². The molecule has 1 heterocycles. The average molecular weight is 247 g/mol. The van der Waals surface area contributed by atoms with E-state index in [0.717, 1.165) is 0 Å². The number of rotatable bonds is 2. The smallest absolute Gasteiger partial charge is 0.382 e. The zero-order valence-electron chi connectivity index (χ0n) is 7.87. The molecule has 0 aromatic rings. The molecule has 1 N–H and O–H groups in total. The zero-order valence-corrected chi connectivity index (χ0v) is 8.68. The number of hydrogen-bond acceptors (Lipinski definition) is 4. The molecule has 0 amide bonds. The highest BCUT2D eigenvalue weighted by Crippen LogP contribution is 2.21. The van der Waals surface area contributed by atoms with Gasteiger partial charge in [0.2, 0.25) is 0 Å². The van der Waals surface area contributed by atoms with Crippen molar-refractivity contribution in [3.63, 3.8) is 0 Å². The third-order valence-corrected chi connectivity index (χ3v) is 3.86. The van der Waals surface area contributed by atoms with Gasteiger partial charge in [0, 0.05) is 19.6 Å². The Balaban J connectivity index is 2.43. The van der Waals surface area contributed by atoms with Crippen molar-refractivity contribution in [1.29, 1.82) is 0 Å². The van der Waals surface area contributed by atoms with Gasteiger partial charge in [0.1, 0.15) is 0 Å². The quantitative estimate of drug-likeness (QED) is 0.724. The summed E-state index contributed by atoms with van der Waals surface area (Å²) in [6.07, 6.45) is -7.05. The van der Waals surface area contributed by atoms with Gasteiger partial charge >= 0.3 is 6.18 Å². The van der Waals surface area contributed by atoms with Gasteiger partial charge in [-0.3, -0.25) is 4.90 Å². The van der Waals surface area contributed by atoms with Gasteiger partial charge in [0.15, 0.2) is 15.9 Å². The molecule has 1 fully saturated rings. The summed E-state index contributed by atoms with van der Waals surface area (Å²) in [5.74, 6) is -0.283. The van der Waals surface area contributed by atoms with Crippen LogP contribution >= 0.6 is 0 Å². The Morgan fingerprint density at radius 1 is 1.27 bits per heavy atom. The first-order valence-electron chi connectivity index (χ1n) is 4.38. The number of sulfone groups is 1. The molecule has 0 unspecified atom stereocenters. The lowest BCUT2D eigenvalue weighted by Gasteiger charge is -2.28. The summed E-state index contributed by atoms with van der Waals surface area (Å²) >= 11 is 0. The van der Waals surface area contributed by atoms with Crippen LogP contribution in [-0.2, 0) is 9.84 Å². The van der Waals surface area contributed by atoms with Crippen LogP contribution in [0.2, 0.25) is 0 Å². The van der Waals surface area contributed by atoms with E-state index >= 15 is 0 Å². The van der Waals surface area contributed by atoms with E-state index < -0.39 is 28.7 Å². The second-order valence-corrected chi connectivity index (χ2v) is 5.81. The standard InChI is InChI=1S/C7H12F3NO3S/c8-7(9,10)6(12)5-11-1-3-15(13,14)4-2-11/h6,12H,1-5H2/t6-/m0/s1. The average Bonchev–Trinajstić information content (AvgIpc) is 2.07. The minimum atomic E-state index is -4.64. The van der Waals surface area contributed by atoms with Crippen molar-refractivity contribution in [2.45, 2.75) is 12.3 Å². The Kier molecular flexibility index (Phi) is 3.62. The van der Waals surface area contributed by atoms with Gasteiger partial charge in [0.05, 0.1) is 11.5 Å². The Bertz CT molecular complexity index is 300. The largest absolute Gasteiger partial charge is 0.415 e. The summed E-state index contributed by atoms with van der Waals surface area (Å²) in [6.45, 7) is -0.454. The van der Waals surface area contributed by atoms with E-state index in [4.69, 9.17) is 5.11 Å². The number of alkyl halides is 3. The van der Waals surface area contributed by atoms with Crippen molar-refractivity contribution in [3.8, 4) is 0 Å². The molecule has 0 aliphatic carbocycles. The summed E-state index contributed by atoms with van der Waals surface area (Å²) in [7, 11) is -3.09. The van der Waals surface area contributed by atoms with Gasteiger partial charge in [-0.1, -0.05) is 0 Å². The van der Waals surface area contributed by atoms with E-state index in [1.54, 1.807) is 0 Å². The van der Waals surface area contributed by atoms with Crippen LogP contribution in [-0.4, -0.2) is 61.8 Å². The van der Waals surface area contributed by atoms with Gasteiger partial charge in [0.25, 0.3) is 0 Å². The maximum atomic E-state index is 12.0. The highest BCUT2D eigenvalue weighted by Gasteiger charge is 2.39.